The largest absolute Gasteiger partial charge is 0.493 e. The highest BCUT2D eigenvalue weighted by molar-refractivity contribution is 7.87. The van der Waals surface area contributed by atoms with E-state index in [0.717, 1.165) is 6.42 Å². The Morgan fingerprint density at radius 3 is 2.55 bits per heavy atom. The quantitative estimate of drug-likeness (QED) is 0.460. The maximum Gasteiger partial charge on any atom is 0.304 e. The van der Waals surface area contributed by atoms with Gasteiger partial charge in [0.2, 0.25) is 5.91 Å². The molecule has 2 aliphatic heterocycles. The first kappa shape index (κ1) is 31.7. The first-order valence-electron chi connectivity index (χ1n) is 14.4. The number of hydrogen-bond acceptors (Lipinski definition) is 7. The number of hydrogen-bond donors (Lipinski definition) is 1. The average molecular weight is 604 g/mol. The van der Waals surface area contributed by atoms with Crippen LogP contribution in [-0.4, -0.2) is 79.3 Å². The summed E-state index contributed by atoms with van der Waals surface area (Å²) in [4.78, 5) is 33.7. The van der Waals surface area contributed by atoms with Gasteiger partial charge >= 0.3 is 10.2 Å². The Kier molecular flexibility index (Phi) is 9.17. The molecule has 230 valence electrons. The van der Waals surface area contributed by atoms with E-state index >= 15 is 0 Å². The summed E-state index contributed by atoms with van der Waals surface area (Å²) in [6.45, 7) is 13.0. The van der Waals surface area contributed by atoms with Crippen LogP contribution in [0.4, 0.5) is 10.2 Å². The van der Waals surface area contributed by atoms with Gasteiger partial charge in [0.25, 0.3) is 5.91 Å². The Labute approximate surface area is 248 Å². The van der Waals surface area contributed by atoms with Crippen LogP contribution < -0.4 is 14.4 Å². The third kappa shape index (κ3) is 7.03. The molecule has 2 atom stereocenters. The van der Waals surface area contributed by atoms with Gasteiger partial charge in [-0.05, 0) is 62.8 Å². The minimum Gasteiger partial charge on any atom is -0.493 e. The predicted octanol–water partition coefficient (Wildman–Crippen LogP) is 4.07. The van der Waals surface area contributed by atoms with Gasteiger partial charge in [0, 0.05) is 56.8 Å². The van der Waals surface area contributed by atoms with E-state index in [9.17, 15) is 22.4 Å². The molecule has 0 spiro atoms. The Morgan fingerprint density at radius 2 is 1.93 bits per heavy atom. The normalized spacial score (nSPS) is 20.6. The Balaban J connectivity index is 1.67. The molecule has 2 aromatic rings. The zero-order valence-electron chi connectivity index (χ0n) is 25.5. The van der Waals surface area contributed by atoms with Crippen LogP contribution in [-0.2, 0) is 15.0 Å². The topological polar surface area (TPSA) is 112 Å². The minimum atomic E-state index is -4.18. The highest BCUT2D eigenvalue weighted by Gasteiger charge is 2.40. The minimum absolute atomic E-state index is 0.0974. The number of aromatic nitrogens is 1. The number of nitrogens with zero attached hydrogens (tertiary/aromatic N) is 4. The van der Waals surface area contributed by atoms with E-state index in [1.807, 2.05) is 18.7 Å². The van der Waals surface area contributed by atoms with Crippen molar-refractivity contribution >= 4 is 27.8 Å². The van der Waals surface area contributed by atoms with E-state index in [2.05, 4.69) is 25.5 Å². The van der Waals surface area contributed by atoms with Crippen molar-refractivity contribution in [3.63, 3.8) is 0 Å². The molecule has 1 aromatic heterocycles. The highest BCUT2D eigenvalue weighted by Crippen LogP contribution is 2.38. The van der Waals surface area contributed by atoms with Crippen LogP contribution >= 0.6 is 0 Å². The molecule has 3 heterocycles. The van der Waals surface area contributed by atoms with Crippen LogP contribution in [0.2, 0.25) is 0 Å². The lowest BCUT2D eigenvalue weighted by Gasteiger charge is -2.34. The van der Waals surface area contributed by atoms with Crippen molar-refractivity contribution in [3.8, 4) is 17.0 Å². The van der Waals surface area contributed by atoms with Crippen LogP contribution in [0.25, 0.3) is 11.3 Å². The van der Waals surface area contributed by atoms with Gasteiger partial charge in [0.05, 0.1) is 17.9 Å². The molecule has 0 aliphatic carbocycles. The number of carbonyl (C=O) groups excluding carboxylic acids is 2. The Bertz CT molecular complexity index is 1450. The number of carbonyl (C=O) groups is 2. The van der Waals surface area contributed by atoms with Gasteiger partial charge in [-0.3, -0.25) is 9.59 Å². The van der Waals surface area contributed by atoms with Crippen molar-refractivity contribution in [3.05, 3.63) is 41.7 Å². The van der Waals surface area contributed by atoms with Crippen LogP contribution in [0.15, 0.2) is 30.3 Å². The van der Waals surface area contributed by atoms with Gasteiger partial charge in [-0.25, -0.2) is 14.1 Å². The molecular formula is C30H42FN5O5S. The summed E-state index contributed by atoms with van der Waals surface area (Å²) >= 11 is 0. The van der Waals surface area contributed by atoms with E-state index in [4.69, 9.17) is 9.72 Å². The Morgan fingerprint density at radius 1 is 1.21 bits per heavy atom. The second-order valence-corrected chi connectivity index (χ2v) is 14.2. The van der Waals surface area contributed by atoms with Gasteiger partial charge in [0.1, 0.15) is 17.4 Å². The summed E-state index contributed by atoms with van der Waals surface area (Å²) in [6.07, 6.45) is 1.33. The number of likely N-dealkylation sites (N-methyl/N-ethyl adjacent to an activating group) is 1. The second-order valence-electron chi connectivity index (χ2n) is 12.5. The van der Waals surface area contributed by atoms with Crippen molar-refractivity contribution in [1.29, 1.82) is 0 Å². The number of pyridine rings is 1. The van der Waals surface area contributed by atoms with Crippen molar-refractivity contribution in [2.24, 2.45) is 11.8 Å². The Hall–Kier alpha value is -3.25. The lowest BCUT2D eigenvalue weighted by Crippen LogP contribution is -2.45. The number of ether oxygens (including phenoxy) is 1. The lowest BCUT2D eigenvalue weighted by atomic mass is 9.97. The second kappa shape index (κ2) is 12.2. The molecule has 2 fully saturated rings. The maximum atomic E-state index is 14.6. The van der Waals surface area contributed by atoms with E-state index in [1.165, 1.54) is 34.3 Å². The summed E-state index contributed by atoms with van der Waals surface area (Å²) < 4.78 is 50.2. The van der Waals surface area contributed by atoms with Crippen molar-refractivity contribution in [2.75, 3.05) is 38.2 Å². The molecule has 1 N–H and O–H groups in total. The van der Waals surface area contributed by atoms with E-state index in [-0.39, 0.29) is 42.1 Å². The SMILES string of the molecule is CC(=O)N(C)C1CCN(S(=O)(=O)NC(=O)c2ccc(-c3cc(F)cc(OCC(C)C)c3)nc2N2CC(C)CC2(C)C)C1. The molecule has 4 rings (SSSR count). The third-order valence-corrected chi connectivity index (χ3v) is 9.39. The number of anilines is 1. The monoisotopic (exact) mass is 603 g/mol. The maximum absolute atomic E-state index is 14.6. The van der Waals surface area contributed by atoms with Crippen molar-refractivity contribution in [1.82, 2.24) is 18.9 Å². The molecule has 12 heteroatoms. The molecule has 1 aromatic carbocycles. The van der Waals surface area contributed by atoms with E-state index in [0.29, 0.717) is 48.3 Å². The summed E-state index contributed by atoms with van der Waals surface area (Å²) in [7, 11) is -2.55. The fourth-order valence-corrected chi connectivity index (χ4v) is 6.93. The van der Waals surface area contributed by atoms with Gasteiger partial charge in [-0.2, -0.15) is 12.7 Å². The van der Waals surface area contributed by atoms with Crippen LogP contribution in [0, 0.1) is 17.7 Å². The zero-order chi connectivity index (χ0) is 31.0. The third-order valence-electron chi connectivity index (χ3n) is 7.93. The predicted molar refractivity (Wildman–Crippen MR) is 160 cm³/mol. The average Bonchev–Trinajstić information content (AvgIpc) is 3.50. The summed E-state index contributed by atoms with van der Waals surface area (Å²) in [5.41, 5.74) is 0.667. The lowest BCUT2D eigenvalue weighted by molar-refractivity contribution is -0.129. The van der Waals surface area contributed by atoms with Gasteiger partial charge in [0.15, 0.2) is 0 Å². The smallest absolute Gasteiger partial charge is 0.304 e. The first-order valence-corrected chi connectivity index (χ1v) is 15.8. The van der Waals surface area contributed by atoms with Crippen LogP contribution in [0.1, 0.15) is 64.7 Å². The molecule has 2 amide bonds. The number of benzene rings is 1. The van der Waals surface area contributed by atoms with Crippen LogP contribution in [0.5, 0.6) is 5.75 Å². The highest BCUT2D eigenvalue weighted by atomic mass is 32.2. The number of amides is 2. The van der Waals surface area contributed by atoms with Gasteiger partial charge < -0.3 is 14.5 Å². The molecule has 42 heavy (non-hydrogen) atoms. The van der Waals surface area contributed by atoms with Crippen LogP contribution in [0.3, 0.4) is 0 Å². The van der Waals surface area contributed by atoms with E-state index in [1.54, 1.807) is 19.2 Å². The van der Waals surface area contributed by atoms with Gasteiger partial charge in [-0.15, -0.1) is 0 Å². The van der Waals surface area contributed by atoms with Crippen molar-refractivity contribution < 1.29 is 27.1 Å². The molecular weight excluding hydrogens is 561 g/mol. The molecule has 2 unspecified atom stereocenters. The fraction of sp³-hybridized carbons (Fsp3) is 0.567. The van der Waals surface area contributed by atoms with Gasteiger partial charge in [-0.1, -0.05) is 20.8 Å². The molecule has 0 bridgehead atoms. The standard InChI is InChI=1S/C30H42FN5O5S/c1-19(2)18-41-25-13-22(12-23(31)14-25)27-9-8-26(28(32-27)36-16-20(3)15-30(36,5)6)29(38)33-42(39,40)35-11-10-24(17-35)34(7)21(4)37/h8-9,12-14,19-20,24H,10-11,15-18H2,1-7H3,(H,33,38). The van der Waals surface area contributed by atoms with E-state index < -0.39 is 21.9 Å². The summed E-state index contributed by atoms with van der Waals surface area (Å²) in [5, 5.41) is 0. The first-order chi connectivity index (χ1) is 19.6. The molecule has 2 aliphatic rings. The molecule has 0 radical (unpaired) electrons. The summed E-state index contributed by atoms with van der Waals surface area (Å²) in [6, 6.07) is 7.25. The number of rotatable bonds is 9. The molecule has 0 saturated carbocycles. The molecule has 10 nitrogen and oxygen atoms in total. The number of nitrogens with one attached hydrogen (secondary N) is 1. The molecule has 2 saturated heterocycles. The number of halogens is 1. The summed E-state index contributed by atoms with van der Waals surface area (Å²) in [5.74, 6) is -0.145. The zero-order valence-corrected chi connectivity index (χ0v) is 26.3. The fourth-order valence-electron chi connectivity index (χ4n) is 5.75. The van der Waals surface area contributed by atoms with Crippen molar-refractivity contribution in [2.45, 2.75) is 66.0 Å².